The van der Waals surface area contributed by atoms with Crippen molar-refractivity contribution in [1.29, 1.82) is 0 Å². The van der Waals surface area contributed by atoms with Crippen molar-refractivity contribution in [3.63, 3.8) is 0 Å². The van der Waals surface area contributed by atoms with Gasteiger partial charge in [-0.3, -0.25) is 19.3 Å². The molecule has 1 fully saturated rings. The lowest BCUT2D eigenvalue weighted by atomic mass is 10.1. The molecule has 0 spiro atoms. The Kier molecular flexibility index (Phi) is 8.12. The van der Waals surface area contributed by atoms with Crippen LogP contribution < -0.4 is 10.5 Å². The largest absolute Gasteiger partial charge is 0.370 e. The third kappa shape index (κ3) is 7.71. The van der Waals surface area contributed by atoms with Gasteiger partial charge in [-0.2, -0.15) is 0 Å². The highest BCUT2D eigenvalue weighted by Gasteiger charge is 2.37. The van der Waals surface area contributed by atoms with Crippen molar-refractivity contribution in [2.45, 2.75) is 43.1 Å². The number of nitrogens with two attached hydrogens (primary N) is 1. The van der Waals surface area contributed by atoms with E-state index in [4.69, 9.17) is 17.3 Å². The Morgan fingerprint density at radius 2 is 1.83 bits per heavy atom. The van der Waals surface area contributed by atoms with Gasteiger partial charge in [0.15, 0.2) is 0 Å². The molecule has 1 aliphatic carbocycles. The van der Waals surface area contributed by atoms with Crippen LogP contribution in [-0.4, -0.2) is 49.3 Å². The monoisotopic (exact) mass is 447 g/mol. The van der Waals surface area contributed by atoms with E-state index in [1.54, 1.807) is 30.3 Å². The summed E-state index contributed by atoms with van der Waals surface area (Å²) >= 11 is 5.18. The van der Waals surface area contributed by atoms with Gasteiger partial charge in [0.05, 0.1) is 5.75 Å². The fourth-order valence-corrected chi connectivity index (χ4v) is 4.26. The normalized spacial score (nSPS) is 16.1. The molecule has 1 aromatic carbocycles. The molecule has 1 unspecified atom stereocenters. The fourth-order valence-electron chi connectivity index (χ4n) is 2.80. The van der Waals surface area contributed by atoms with Crippen LogP contribution >= 0.6 is 11.6 Å². The first-order valence-corrected chi connectivity index (χ1v) is 11.1. The van der Waals surface area contributed by atoms with Crippen molar-refractivity contribution >= 4 is 39.3 Å². The second kappa shape index (κ2) is 10.1. The highest BCUT2D eigenvalue weighted by molar-refractivity contribution is 7.88. The number of primary amides is 1. The predicted octanol–water partition coefficient (Wildman–Crippen LogP) is 1.04. The molecule has 160 valence electrons. The van der Waals surface area contributed by atoms with Crippen molar-refractivity contribution in [1.82, 2.24) is 9.62 Å². The molecule has 3 amide bonds. The summed E-state index contributed by atoms with van der Waals surface area (Å²) in [5.41, 5.74) is 3.06. The van der Waals surface area contributed by atoms with Crippen LogP contribution in [-0.2, 0) is 30.2 Å². The van der Waals surface area contributed by atoms with Gasteiger partial charge in [-0.1, -0.05) is 54.8 Å². The third-order valence-electron chi connectivity index (χ3n) is 4.39. The quantitative estimate of drug-likeness (QED) is 0.490. The second-order valence-corrected chi connectivity index (χ2v) is 9.08. The van der Waals surface area contributed by atoms with Gasteiger partial charge < -0.3 is 5.73 Å². The van der Waals surface area contributed by atoms with Crippen LogP contribution in [0.15, 0.2) is 30.3 Å². The molecule has 2 atom stereocenters. The molecule has 2 rings (SSSR count). The van der Waals surface area contributed by atoms with Crippen LogP contribution in [0.4, 0.5) is 4.39 Å². The maximum Gasteiger partial charge on any atom is 0.279 e. The van der Waals surface area contributed by atoms with Gasteiger partial charge in [-0.05, 0) is 17.9 Å². The molecule has 0 saturated heterocycles. The minimum atomic E-state index is -3.93. The molecule has 0 bridgehead atoms. The van der Waals surface area contributed by atoms with E-state index in [-0.39, 0.29) is 18.1 Å². The number of benzene rings is 1. The molecule has 11 heteroatoms. The van der Waals surface area contributed by atoms with Crippen molar-refractivity contribution in [2.75, 3.05) is 6.54 Å². The Morgan fingerprint density at radius 1 is 1.21 bits per heavy atom. The van der Waals surface area contributed by atoms with E-state index in [0.717, 1.165) is 12.8 Å². The van der Waals surface area contributed by atoms with Gasteiger partial charge in [0.2, 0.25) is 21.8 Å². The molecule has 0 aliphatic heterocycles. The Bertz CT molecular complexity index is 846. The molecule has 0 radical (unpaired) electrons. The smallest absolute Gasteiger partial charge is 0.279 e. The number of nitrogens with one attached hydrogen (secondary N) is 1. The molecule has 1 saturated carbocycles. The first-order valence-electron chi connectivity index (χ1n) is 9.04. The van der Waals surface area contributed by atoms with E-state index < -0.39 is 52.4 Å². The van der Waals surface area contributed by atoms with Crippen molar-refractivity contribution in [3.8, 4) is 0 Å². The van der Waals surface area contributed by atoms with Crippen LogP contribution in [0.1, 0.15) is 31.2 Å². The van der Waals surface area contributed by atoms with Crippen LogP contribution in [0.2, 0.25) is 0 Å². The zero-order valence-electron chi connectivity index (χ0n) is 15.6. The lowest BCUT2D eigenvalue weighted by Crippen LogP contribution is -2.52. The minimum Gasteiger partial charge on any atom is -0.370 e. The highest BCUT2D eigenvalue weighted by Crippen LogP contribution is 2.34. The summed E-state index contributed by atoms with van der Waals surface area (Å²) in [5, 5.41) is 0. The number of amides is 3. The van der Waals surface area contributed by atoms with Crippen molar-refractivity contribution < 1.29 is 27.2 Å². The maximum absolute atomic E-state index is 13.4. The van der Waals surface area contributed by atoms with Crippen molar-refractivity contribution in [2.24, 2.45) is 11.7 Å². The molecular formula is C18H23ClFN3O5S. The van der Waals surface area contributed by atoms with Crippen LogP contribution in [0, 0.1) is 5.92 Å². The van der Waals surface area contributed by atoms with E-state index in [1.807, 2.05) is 0 Å². The zero-order valence-corrected chi connectivity index (χ0v) is 17.2. The number of alkyl halides is 2. The summed E-state index contributed by atoms with van der Waals surface area (Å²) in [6.07, 6.45) is 1.40. The number of carbonyl (C=O) groups excluding carboxylic acids is 3. The minimum absolute atomic E-state index is 0.119. The molecule has 0 aromatic heterocycles. The topological polar surface area (TPSA) is 127 Å². The van der Waals surface area contributed by atoms with Gasteiger partial charge in [-0.15, -0.1) is 0 Å². The van der Waals surface area contributed by atoms with Gasteiger partial charge in [0.1, 0.15) is 6.04 Å². The van der Waals surface area contributed by atoms with Crippen LogP contribution in [0.5, 0.6) is 0 Å². The predicted molar refractivity (Wildman–Crippen MR) is 105 cm³/mol. The van der Waals surface area contributed by atoms with E-state index in [1.165, 1.54) is 0 Å². The van der Waals surface area contributed by atoms with Crippen LogP contribution in [0.25, 0.3) is 0 Å². The molecule has 8 nitrogen and oxygen atoms in total. The third-order valence-corrected chi connectivity index (χ3v) is 5.93. The standard InChI is InChI=1S/C18H23ClFN3O5S/c19-16(20)18(26)23(9-8-15(21)24)17(25)14(10-12-6-7-12)22-29(27,28)11-13-4-2-1-3-5-13/h1-5,12,14,16,22H,6-11H2,(H2,21,24)/t14-,16?/m0/s1. The first-order chi connectivity index (χ1) is 13.6. The Morgan fingerprint density at radius 3 is 2.34 bits per heavy atom. The summed E-state index contributed by atoms with van der Waals surface area (Å²) in [6.45, 7) is -0.484. The number of sulfonamides is 1. The summed E-state index contributed by atoms with van der Waals surface area (Å²) in [7, 11) is -3.93. The number of nitrogens with zero attached hydrogens (tertiary/aromatic N) is 1. The highest BCUT2D eigenvalue weighted by atomic mass is 35.5. The van der Waals surface area contributed by atoms with Crippen molar-refractivity contribution in [3.05, 3.63) is 35.9 Å². The van der Waals surface area contributed by atoms with Gasteiger partial charge in [-0.25, -0.2) is 17.5 Å². The molecule has 1 aliphatic rings. The maximum atomic E-state index is 13.4. The summed E-state index contributed by atoms with van der Waals surface area (Å²) < 4.78 is 40.8. The number of hydrogen-bond donors (Lipinski definition) is 2. The van der Waals surface area contributed by atoms with E-state index in [9.17, 15) is 27.2 Å². The van der Waals surface area contributed by atoms with E-state index >= 15 is 0 Å². The lowest BCUT2D eigenvalue weighted by molar-refractivity contribution is -0.147. The van der Waals surface area contributed by atoms with Crippen LogP contribution in [0.3, 0.4) is 0 Å². The summed E-state index contributed by atoms with van der Waals surface area (Å²) in [5.74, 6) is -3.36. The fraction of sp³-hybridized carbons (Fsp3) is 0.500. The van der Waals surface area contributed by atoms with Gasteiger partial charge >= 0.3 is 0 Å². The average molecular weight is 448 g/mol. The number of halogens is 2. The number of carbonyl (C=O) groups is 3. The Balaban J connectivity index is 2.20. The second-order valence-electron chi connectivity index (χ2n) is 6.94. The Hall–Kier alpha value is -2.04. The molecule has 0 heterocycles. The molecule has 3 N–H and O–H groups in total. The van der Waals surface area contributed by atoms with Gasteiger partial charge in [0, 0.05) is 13.0 Å². The number of hydrogen-bond acceptors (Lipinski definition) is 5. The van der Waals surface area contributed by atoms with E-state index in [2.05, 4.69) is 4.72 Å². The van der Waals surface area contributed by atoms with E-state index in [0.29, 0.717) is 10.5 Å². The molecule has 1 aromatic rings. The number of imide groups is 1. The summed E-state index contributed by atoms with van der Waals surface area (Å²) in [6, 6.07) is 7.09. The lowest BCUT2D eigenvalue weighted by Gasteiger charge is -2.26. The van der Waals surface area contributed by atoms with Gasteiger partial charge in [0.25, 0.3) is 11.5 Å². The molecule has 29 heavy (non-hydrogen) atoms. The zero-order chi connectivity index (χ0) is 21.6. The average Bonchev–Trinajstić information content (AvgIpc) is 3.45. The SMILES string of the molecule is NC(=O)CCN(C(=O)C(F)Cl)C(=O)[C@H](CC1CC1)NS(=O)(=O)Cc1ccccc1. The molecular weight excluding hydrogens is 425 g/mol. The Labute approximate surface area is 173 Å². The summed E-state index contributed by atoms with van der Waals surface area (Å²) in [4.78, 5) is 36.4. The first kappa shape index (κ1) is 23.2. The number of rotatable bonds is 11.